The predicted molar refractivity (Wildman–Crippen MR) is 232 cm³/mol. The van der Waals surface area contributed by atoms with Crippen molar-refractivity contribution in [1.29, 1.82) is 0 Å². The molecule has 20 heteroatoms. The Morgan fingerprint density at radius 1 is 0.609 bits per heavy atom. The summed E-state index contributed by atoms with van der Waals surface area (Å²) in [6, 6.07) is 9.30. The van der Waals surface area contributed by atoms with Crippen LogP contribution in [0.5, 0.6) is 11.5 Å². The number of hydrogen-bond acceptors (Lipinski definition) is 14. The number of likely N-dealkylation sites (tertiary alicyclic amines) is 2. The number of nitrogens with one attached hydrogen (secondary N) is 4. The number of hydrogen-bond donors (Lipinski definition) is 4. The number of benzene rings is 2. The van der Waals surface area contributed by atoms with Crippen LogP contribution in [0.2, 0.25) is 0 Å². The lowest BCUT2D eigenvalue weighted by molar-refractivity contribution is -0.136. The summed E-state index contributed by atoms with van der Waals surface area (Å²) < 4.78 is 43.5. The first-order valence-corrected chi connectivity index (χ1v) is 21.0. The van der Waals surface area contributed by atoms with Crippen molar-refractivity contribution in [1.82, 2.24) is 40.4 Å². The molecule has 0 radical (unpaired) electrons. The summed E-state index contributed by atoms with van der Waals surface area (Å²) in [5.74, 6) is 1.60. The van der Waals surface area contributed by atoms with Gasteiger partial charge in [0.05, 0.1) is 76.5 Å². The lowest BCUT2D eigenvalue weighted by Gasteiger charge is -2.27. The van der Waals surface area contributed by atoms with E-state index in [0.29, 0.717) is 73.6 Å². The largest absolute Gasteiger partial charge is 0.487 e. The molecule has 0 bridgehead atoms. The summed E-state index contributed by atoms with van der Waals surface area (Å²) in [6.07, 6.45) is 4.90. The molecule has 0 spiro atoms. The highest BCUT2D eigenvalue weighted by Gasteiger charge is 2.38. The van der Waals surface area contributed by atoms with E-state index in [2.05, 4.69) is 25.6 Å². The molecule has 4 atom stereocenters. The van der Waals surface area contributed by atoms with E-state index in [1.807, 2.05) is 36.4 Å². The number of carbonyl (C=O) groups excluding carboxylic acids is 4. The molecule has 20 nitrogen and oxygen atoms in total. The van der Waals surface area contributed by atoms with Crippen molar-refractivity contribution >= 4 is 24.0 Å². The van der Waals surface area contributed by atoms with Crippen molar-refractivity contribution in [2.24, 2.45) is 0 Å². The van der Waals surface area contributed by atoms with Gasteiger partial charge in [-0.3, -0.25) is 9.59 Å². The zero-order valence-electron chi connectivity index (χ0n) is 37.1. The minimum atomic E-state index is -0.933. The first-order chi connectivity index (χ1) is 31.1. The van der Waals surface area contributed by atoms with E-state index in [4.69, 9.17) is 42.9 Å². The maximum absolute atomic E-state index is 13.7. The molecule has 4 N–H and O–H groups in total. The Morgan fingerprint density at radius 3 is 1.55 bits per heavy atom. The average Bonchev–Trinajstić information content (AvgIpc) is 4.16. The molecule has 4 amide bonds. The Kier molecular flexibility index (Phi) is 16.9. The van der Waals surface area contributed by atoms with Crippen LogP contribution in [0.4, 0.5) is 9.59 Å². The van der Waals surface area contributed by atoms with Gasteiger partial charge in [-0.2, -0.15) is 0 Å². The molecule has 2 aromatic carbocycles. The molecule has 2 aliphatic rings. The SMILES string of the molecule is COCCOc1c(-c2ccc(-c3cnc([C@@H]4CCCN4C(=O)[C@H](COC)NC(=O)OC)[nH]3)cc2)ccc(-c2cnc([C@@H]3CCCN3C(=O)[C@H](COC)NC(=O)OC)[nH]2)c1OCCOC. The van der Waals surface area contributed by atoms with E-state index in [9.17, 15) is 19.2 Å². The van der Waals surface area contributed by atoms with Crippen molar-refractivity contribution in [2.45, 2.75) is 49.9 Å². The molecule has 2 saturated heterocycles. The summed E-state index contributed by atoms with van der Waals surface area (Å²) in [6.45, 7) is 2.09. The Hall–Kier alpha value is -6.22. The second-order valence-corrected chi connectivity index (χ2v) is 15.1. The van der Waals surface area contributed by atoms with Crippen molar-refractivity contribution in [3.8, 4) is 45.1 Å². The Labute approximate surface area is 371 Å². The number of aromatic amines is 2. The molecule has 346 valence electrons. The van der Waals surface area contributed by atoms with E-state index in [1.54, 1.807) is 36.4 Å². The predicted octanol–water partition coefficient (Wildman–Crippen LogP) is 4.25. The van der Waals surface area contributed by atoms with Crippen molar-refractivity contribution in [2.75, 3.05) is 95.4 Å². The van der Waals surface area contributed by atoms with Crippen molar-refractivity contribution in [3.05, 3.63) is 60.4 Å². The van der Waals surface area contributed by atoms with Gasteiger partial charge in [-0.15, -0.1) is 0 Å². The average molecular weight is 891 g/mol. The molecule has 2 aromatic heterocycles. The number of alkyl carbamates (subject to hydrolysis) is 2. The third-order valence-electron chi connectivity index (χ3n) is 11.1. The van der Waals surface area contributed by atoms with Gasteiger partial charge in [0.2, 0.25) is 11.8 Å². The van der Waals surface area contributed by atoms with Crippen LogP contribution in [0.3, 0.4) is 0 Å². The maximum atomic E-state index is 13.7. The van der Waals surface area contributed by atoms with Crippen LogP contribution >= 0.6 is 0 Å². The zero-order valence-corrected chi connectivity index (χ0v) is 37.1. The number of aromatic nitrogens is 4. The molecule has 0 saturated carbocycles. The van der Waals surface area contributed by atoms with Gasteiger partial charge in [0.25, 0.3) is 0 Å². The van der Waals surface area contributed by atoms with Gasteiger partial charge in [-0.05, 0) is 48.9 Å². The van der Waals surface area contributed by atoms with E-state index in [1.165, 1.54) is 28.4 Å². The fourth-order valence-corrected chi connectivity index (χ4v) is 7.98. The van der Waals surface area contributed by atoms with Gasteiger partial charge in [-0.25, -0.2) is 19.6 Å². The van der Waals surface area contributed by atoms with Gasteiger partial charge in [0, 0.05) is 52.7 Å². The summed E-state index contributed by atoms with van der Waals surface area (Å²) in [5.41, 5.74) is 4.59. The van der Waals surface area contributed by atoms with Crippen molar-refractivity contribution < 1.29 is 57.1 Å². The monoisotopic (exact) mass is 890 g/mol. The maximum Gasteiger partial charge on any atom is 0.407 e. The van der Waals surface area contributed by atoms with Crippen LogP contribution < -0.4 is 20.1 Å². The summed E-state index contributed by atoms with van der Waals surface area (Å²) in [4.78, 5) is 70.9. The second kappa shape index (κ2) is 22.9. The molecule has 2 fully saturated rings. The number of methoxy groups -OCH3 is 6. The van der Waals surface area contributed by atoms with Crippen LogP contribution in [-0.4, -0.2) is 161 Å². The highest BCUT2D eigenvalue weighted by atomic mass is 16.6. The topological polar surface area (TPSA) is 230 Å². The number of rotatable bonds is 21. The molecular formula is C44H58N8O12. The lowest BCUT2D eigenvalue weighted by atomic mass is 9.98. The molecule has 6 rings (SSSR count). The van der Waals surface area contributed by atoms with E-state index < -0.39 is 24.3 Å². The summed E-state index contributed by atoms with van der Waals surface area (Å²) >= 11 is 0. The fourth-order valence-electron chi connectivity index (χ4n) is 7.98. The number of carbonyl (C=O) groups is 4. The van der Waals surface area contributed by atoms with E-state index in [-0.39, 0.29) is 50.3 Å². The molecule has 4 aromatic rings. The Morgan fingerprint density at radius 2 is 1.06 bits per heavy atom. The number of ether oxygens (including phenoxy) is 8. The second-order valence-electron chi connectivity index (χ2n) is 15.1. The Bertz CT molecular complexity index is 2180. The molecule has 0 aliphatic carbocycles. The first kappa shape index (κ1) is 47.3. The first-order valence-electron chi connectivity index (χ1n) is 21.0. The smallest absolute Gasteiger partial charge is 0.407 e. The van der Waals surface area contributed by atoms with Crippen molar-refractivity contribution in [3.63, 3.8) is 0 Å². The minimum absolute atomic E-state index is 0.00144. The van der Waals surface area contributed by atoms with Crippen LogP contribution in [-0.2, 0) is 38.0 Å². The standard InChI is InChI=1S/C44H58N8O12/c1-57-19-21-63-37-29(27-11-13-28(14-12-27)31-23-45-39(47-31)35-9-7-17-51(35)41(53)33(25-59-3)49-43(55)61-5)15-16-30(38(37)64-22-20-58-2)32-24-46-40(48-32)36-10-8-18-52(36)42(54)34(26-60-4)50-44(56)62-6/h11-16,23-24,33-36H,7-10,17-22,25-26H2,1-6H3,(H,45,47)(H,46,48)(H,49,55)(H,50,56)/t33-,34-,35-,36-/m0/s1. The van der Waals surface area contributed by atoms with Gasteiger partial charge < -0.3 is 68.3 Å². The lowest BCUT2D eigenvalue weighted by Crippen LogP contribution is -2.50. The van der Waals surface area contributed by atoms with Crippen LogP contribution in [0.1, 0.15) is 49.4 Å². The third kappa shape index (κ3) is 11.1. The van der Waals surface area contributed by atoms with Crippen LogP contribution in [0.25, 0.3) is 33.6 Å². The normalized spacial score (nSPS) is 16.9. The van der Waals surface area contributed by atoms with Gasteiger partial charge in [-0.1, -0.05) is 24.3 Å². The minimum Gasteiger partial charge on any atom is -0.487 e. The number of H-pyrrole nitrogens is 2. The quantitative estimate of drug-likeness (QED) is 0.0858. The van der Waals surface area contributed by atoms with Gasteiger partial charge >= 0.3 is 12.2 Å². The summed E-state index contributed by atoms with van der Waals surface area (Å²) in [5, 5.41) is 5.15. The molecule has 4 heterocycles. The highest BCUT2D eigenvalue weighted by Crippen LogP contribution is 2.46. The third-order valence-corrected chi connectivity index (χ3v) is 11.1. The molecular weight excluding hydrogens is 833 g/mol. The summed E-state index contributed by atoms with van der Waals surface area (Å²) in [7, 11) is 8.61. The van der Waals surface area contributed by atoms with Crippen LogP contribution in [0, 0.1) is 0 Å². The van der Waals surface area contributed by atoms with E-state index in [0.717, 1.165) is 35.2 Å². The molecule has 0 unspecified atom stereocenters. The zero-order chi connectivity index (χ0) is 45.6. The molecule has 64 heavy (non-hydrogen) atoms. The number of amides is 4. The van der Waals surface area contributed by atoms with Gasteiger partial charge in [0.1, 0.15) is 36.9 Å². The van der Waals surface area contributed by atoms with E-state index >= 15 is 0 Å². The number of nitrogens with zero attached hydrogens (tertiary/aromatic N) is 4. The van der Waals surface area contributed by atoms with Crippen LogP contribution in [0.15, 0.2) is 48.8 Å². The Balaban J connectivity index is 1.27. The highest BCUT2D eigenvalue weighted by molar-refractivity contribution is 5.87. The number of imidazole rings is 2. The van der Waals surface area contributed by atoms with Gasteiger partial charge in [0.15, 0.2) is 11.5 Å². The molecule has 2 aliphatic heterocycles. The fraction of sp³-hybridized carbons (Fsp3) is 0.500.